The molecule has 2 heterocycles. The molecule has 2 aromatic heterocycles. The minimum Gasteiger partial charge on any atom is -0.477 e. The Morgan fingerprint density at radius 3 is 2.56 bits per heavy atom. The van der Waals surface area contributed by atoms with E-state index in [4.69, 9.17) is 23.2 Å². The number of nitrogens with one attached hydrogen (secondary N) is 1. The molecule has 7 nitrogen and oxygen atoms in total. The molecule has 0 unspecified atom stereocenters. The second kappa shape index (κ2) is 8.42. The van der Waals surface area contributed by atoms with Gasteiger partial charge < -0.3 is 15.0 Å². The molecule has 32 heavy (non-hydrogen) atoms. The van der Waals surface area contributed by atoms with Crippen molar-refractivity contribution >= 4 is 57.1 Å². The van der Waals surface area contributed by atoms with Crippen molar-refractivity contribution in [2.24, 2.45) is 0 Å². The predicted molar refractivity (Wildman–Crippen MR) is 124 cm³/mol. The van der Waals surface area contributed by atoms with Crippen LogP contribution in [0.3, 0.4) is 0 Å². The van der Waals surface area contributed by atoms with Crippen molar-refractivity contribution in [1.82, 2.24) is 9.55 Å². The maximum atomic E-state index is 14.7. The summed E-state index contributed by atoms with van der Waals surface area (Å²) in [7, 11) is 1.74. The van der Waals surface area contributed by atoms with Crippen LogP contribution in [-0.2, 0) is 6.54 Å². The number of nitrogens with zero attached hydrogens (tertiary/aromatic N) is 2. The van der Waals surface area contributed by atoms with Crippen LogP contribution in [0.25, 0.3) is 16.6 Å². The number of aromatic carboxylic acids is 1. The summed E-state index contributed by atoms with van der Waals surface area (Å²) in [6.07, 6.45) is 0. The fourth-order valence-corrected chi connectivity index (χ4v) is 4.96. The molecule has 2 N–H and O–H groups in total. The molecule has 0 amide bonds. The highest BCUT2D eigenvalue weighted by Crippen LogP contribution is 2.33. The van der Waals surface area contributed by atoms with Gasteiger partial charge in [-0.3, -0.25) is 4.79 Å². The molecule has 0 bridgehead atoms. The number of rotatable bonds is 5. The number of hydrogen-bond donors (Lipinski definition) is 2. The summed E-state index contributed by atoms with van der Waals surface area (Å²) in [6, 6.07) is 9.07. The zero-order chi connectivity index (χ0) is 23.2. The summed E-state index contributed by atoms with van der Waals surface area (Å²) < 4.78 is 15.3. The van der Waals surface area contributed by atoms with E-state index in [1.54, 1.807) is 30.1 Å². The minimum atomic E-state index is -1.31. The molecular formula is C21H14Cl2FN3O4S. The molecule has 0 spiro atoms. The average Bonchev–Trinajstić information content (AvgIpc) is 3.14. The molecule has 0 radical (unpaired) electrons. The highest BCUT2D eigenvalue weighted by Gasteiger charge is 2.21. The highest BCUT2D eigenvalue weighted by atomic mass is 35.5. The molecule has 11 heteroatoms. The van der Waals surface area contributed by atoms with Crippen LogP contribution in [0.4, 0.5) is 10.1 Å². The quantitative estimate of drug-likeness (QED) is 0.426. The molecule has 0 atom stereocenters. The number of aromatic nitrogens is 2. The SMILES string of the molecule is CN(Cc1ccc(F)c(-n2c(=O)[nH]c3csc(C(=O)O)c3c2=O)c1)c1c(Cl)cccc1Cl. The number of thiophene rings is 1. The lowest BCUT2D eigenvalue weighted by molar-refractivity contribution is 0.0704. The summed E-state index contributed by atoms with van der Waals surface area (Å²) in [5, 5.41) is 11.4. The lowest BCUT2D eigenvalue weighted by Crippen LogP contribution is -2.34. The van der Waals surface area contributed by atoms with Gasteiger partial charge in [0, 0.05) is 19.0 Å². The number of anilines is 1. The van der Waals surface area contributed by atoms with E-state index in [9.17, 15) is 23.9 Å². The number of carbonyl (C=O) groups is 1. The van der Waals surface area contributed by atoms with Crippen LogP contribution in [0.5, 0.6) is 0 Å². The number of benzene rings is 2. The second-order valence-corrected chi connectivity index (χ2v) is 8.64. The van der Waals surface area contributed by atoms with Crippen molar-refractivity contribution in [2.45, 2.75) is 6.54 Å². The van der Waals surface area contributed by atoms with Gasteiger partial charge in [0.25, 0.3) is 5.56 Å². The Balaban J connectivity index is 1.83. The van der Waals surface area contributed by atoms with Gasteiger partial charge in [0.1, 0.15) is 10.7 Å². The van der Waals surface area contributed by atoms with Crippen LogP contribution in [0.2, 0.25) is 10.0 Å². The first-order valence-corrected chi connectivity index (χ1v) is 10.8. The first-order valence-electron chi connectivity index (χ1n) is 9.12. The van der Waals surface area contributed by atoms with Crippen LogP contribution in [0.15, 0.2) is 51.4 Å². The predicted octanol–water partition coefficient (Wildman–Crippen LogP) is 4.52. The third-order valence-corrected chi connectivity index (χ3v) is 6.42. The molecule has 4 rings (SSSR count). The Morgan fingerprint density at radius 1 is 1.22 bits per heavy atom. The maximum Gasteiger partial charge on any atom is 0.346 e. The van der Waals surface area contributed by atoms with Crippen LogP contribution >= 0.6 is 34.5 Å². The molecular weight excluding hydrogens is 480 g/mol. The third-order valence-electron chi connectivity index (χ3n) is 4.84. The summed E-state index contributed by atoms with van der Waals surface area (Å²) in [6.45, 7) is 0.241. The normalized spacial score (nSPS) is 11.1. The monoisotopic (exact) mass is 493 g/mol. The molecule has 0 fully saturated rings. The minimum absolute atomic E-state index is 0.0864. The van der Waals surface area contributed by atoms with Gasteiger partial charge >= 0.3 is 11.7 Å². The molecule has 164 valence electrons. The Labute approximate surface area is 193 Å². The smallest absolute Gasteiger partial charge is 0.346 e. The van der Waals surface area contributed by atoms with Crippen LogP contribution in [0.1, 0.15) is 15.2 Å². The van der Waals surface area contributed by atoms with Crippen molar-refractivity contribution in [3.63, 3.8) is 0 Å². The van der Waals surface area contributed by atoms with E-state index in [0.717, 1.165) is 17.4 Å². The van der Waals surface area contributed by atoms with Gasteiger partial charge in [0.05, 0.1) is 32.3 Å². The number of fused-ring (bicyclic) bond motifs is 1. The third kappa shape index (κ3) is 3.79. The molecule has 0 aliphatic carbocycles. The van der Waals surface area contributed by atoms with Crippen molar-refractivity contribution in [1.29, 1.82) is 0 Å². The van der Waals surface area contributed by atoms with E-state index in [-0.39, 0.29) is 28.0 Å². The van der Waals surface area contributed by atoms with E-state index in [1.807, 2.05) is 0 Å². The number of hydrogen-bond acceptors (Lipinski definition) is 5. The summed E-state index contributed by atoms with van der Waals surface area (Å²) in [5.41, 5.74) is -0.866. The van der Waals surface area contributed by atoms with Crippen molar-refractivity contribution in [3.05, 3.63) is 88.9 Å². The van der Waals surface area contributed by atoms with E-state index in [1.165, 1.54) is 17.5 Å². The number of para-hydroxylation sites is 1. The Bertz CT molecular complexity index is 1470. The fraction of sp³-hybridized carbons (Fsp3) is 0.0952. The zero-order valence-corrected chi connectivity index (χ0v) is 18.7. The second-order valence-electron chi connectivity index (χ2n) is 6.94. The number of halogens is 3. The first kappa shape index (κ1) is 22.1. The van der Waals surface area contributed by atoms with E-state index < -0.39 is 23.0 Å². The van der Waals surface area contributed by atoms with Crippen LogP contribution < -0.4 is 16.1 Å². The molecule has 2 aromatic carbocycles. The lowest BCUT2D eigenvalue weighted by atomic mass is 10.1. The van der Waals surface area contributed by atoms with Gasteiger partial charge in [-0.25, -0.2) is 18.5 Å². The highest BCUT2D eigenvalue weighted by molar-refractivity contribution is 7.13. The number of aromatic amines is 1. The standard InChI is InChI=1S/C21H14Cl2FN3O4S/c1-26(17-11(22)3-2-4-12(17)23)8-10-5-6-13(24)15(7-10)27-19(28)16-14(25-21(27)31)9-32-18(16)20(29)30/h2-7,9H,8H2,1H3,(H,25,31)(H,29,30). The van der Waals surface area contributed by atoms with Crippen LogP contribution in [0, 0.1) is 5.82 Å². The molecule has 0 aliphatic heterocycles. The summed E-state index contributed by atoms with van der Waals surface area (Å²) >= 11 is 13.3. The molecule has 0 saturated heterocycles. The Hall–Kier alpha value is -3.14. The lowest BCUT2D eigenvalue weighted by Gasteiger charge is -2.22. The Kier molecular flexibility index (Phi) is 5.81. The van der Waals surface area contributed by atoms with Crippen molar-refractivity contribution < 1.29 is 14.3 Å². The van der Waals surface area contributed by atoms with Crippen molar-refractivity contribution in [3.8, 4) is 5.69 Å². The molecule has 0 aliphatic rings. The molecule has 4 aromatic rings. The van der Waals surface area contributed by atoms with Gasteiger partial charge in [-0.2, -0.15) is 0 Å². The van der Waals surface area contributed by atoms with Crippen molar-refractivity contribution in [2.75, 3.05) is 11.9 Å². The number of H-pyrrole nitrogens is 1. The van der Waals surface area contributed by atoms with Gasteiger partial charge in [-0.1, -0.05) is 35.3 Å². The Morgan fingerprint density at radius 2 is 1.91 bits per heavy atom. The molecule has 0 saturated carbocycles. The van der Waals surface area contributed by atoms with E-state index in [2.05, 4.69) is 4.98 Å². The van der Waals surface area contributed by atoms with E-state index in [0.29, 0.717) is 25.9 Å². The van der Waals surface area contributed by atoms with Crippen LogP contribution in [-0.4, -0.2) is 27.7 Å². The number of carboxylic acid groups (broad SMARTS) is 1. The number of carboxylic acids is 1. The topological polar surface area (TPSA) is 95.4 Å². The zero-order valence-electron chi connectivity index (χ0n) is 16.4. The average molecular weight is 494 g/mol. The van der Waals surface area contributed by atoms with Gasteiger partial charge in [0.15, 0.2) is 0 Å². The van der Waals surface area contributed by atoms with E-state index >= 15 is 0 Å². The first-order chi connectivity index (χ1) is 15.2. The largest absolute Gasteiger partial charge is 0.477 e. The van der Waals surface area contributed by atoms with Gasteiger partial charge in [-0.15, -0.1) is 11.3 Å². The fourth-order valence-electron chi connectivity index (χ4n) is 3.45. The van der Waals surface area contributed by atoms with Gasteiger partial charge in [0.2, 0.25) is 0 Å². The summed E-state index contributed by atoms with van der Waals surface area (Å²) in [4.78, 5) is 41.0. The van der Waals surface area contributed by atoms with Gasteiger partial charge in [-0.05, 0) is 29.8 Å². The summed E-state index contributed by atoms with van der Waals surface area (Å²) in [5.74, 6) is -2.13. The maximum absolute atomic E-state index is 14.7.